The van der Waals surface area contributed by atoms with Crippen LogP contribution in [0.3, 0.4) is 0 Å². The van der Waals surface area contributed by atoms with E-state index in [2.05, 4.69) is 58.9 Å². The van der Waals surface area contributed by atoms with E-state index in [4.69, 9.17) is 11.6 Å². The minimum Gasteiger partial charge on any atom is -0.123 e. The number of halogens is 1. The van der Waals surface area contributed by atoms with Crippen LogP contribution in [-0.4, -0.2) is 5.38 Å². The first-order valence-electron chi connectivity index (χ1n) is 6.64. The van der Waals surface area contributed by atoms with Crippen LogP contribution in [0.25, 0.3) is 0 Å². The van der Waals surface area contributed by atoms with Crippen molar-refractivity contribution in [3.05, 3.63) is 35.4 Å². The summed E-state index contributed by atoms with van der Waals surface area (Å²) in [5.74, 6) is 1.80. The molecule has 0 aliphatic heterocycles. The molecule has 0 radical (unpaired) electrons. The predicted octanol–water partition coefficient (Wildman–Crippen LogP) is 5.25. The number of alkyl halides is 1. The quantitative estimate of drug-likeness (QED) is 0.628. The van der Waals surface area contributed by atoms with Crippen LogP contribution >= 0.6 is 11.6 Å². The Morgan fingerprint density at radius 2 is 1.47 bits per heavy atom. The summed E-state index contributed by atoms with van der Waals surface area (Å²) < 4.78 is 0. The van der Waals surface area contributed by atoms with Crippen molar-refractivity contribution >= 4 is 11.6 Å². The van der Waals surface area contributed by atoms with Crippen LogP contribution in [0.5, 0.6) is 0 Å². The molecule has 0 spiro atoms. The normalized spacial score (nSPS) is 15.3. The van der Waals surface area contributed by atoms with Gasteiger partial charge in [0.05, 0.1) is 0 Å². The van der Waals surface area contributed by atoms with Gasteiger partial charge in [-0.1, -0.05) is 52.0 Å². The van der Waals surface area contributed by atoms with Gasteiger partial charge in [0.25, 0.3) is 0 Å². The molecule has 0 fully saturated rings. The lowest BCUT2D eigenvalue weighted by molar-refractivity contribution is 0.376. The minimum atomic E-state index is 0.236. The molecule has 1 aromatic carbocycles. The highest BCUT2D eigenvalue weighted by Gasteiger charge is 2.19. The van der Waals surface area contributed by atoms with Crippen LogP contribution in [0.15, 0.2) is 24.3 Å². The molecule has 0 amide bonds. The average Bonchev–Trinajstić information content (AvgIpc) is 2.25. The Labute approximate surface area is 111 Å². The van der Waals surface area contributed by atoms with E-state index in [1.54, 1.807) is 0 Å². The number of rotatable bonds is 5. The third kappa shape index (κ3) is 4.35. The molecule has 0 aromatic heterocycles. The van der Waals surface area contributed by atoms with E-state index in [-0.39, 0.29) is 5.38 Å². The SMILES string of the molecule is CC(C)c1ccc(CC(C(C)C)C(C)Cl)cc1. The molecule has 17 heavy (non-hydrogen) atoms. The average molecular weight is 253 g/mol. The lowest BCUT2D eigenvalue weighted by atomic mass is 9.86. The summed E-state index contributed by atoms with van der Waals surface area (Å²) in [6.45, 7) is 11.1. The fourth-order valence-electron chi connectivity index (χ4n) is 2.24. The molecule has 2 atom stereocenters. The van der Waals surface area contributed by atoms with E-state index in [9.17, 15) is 0 Å². The second-order valence-electron chi connectivity index (χ2n) is 5.69. The Morgan fingerprint density at radius 1 is 0.941 bits per heavy atom. The van der Waals surface area contributed by atoms with Crippen molar-refractivity contribution in [2.75, 3.05) is 0 Å². The summed E-state index contributed by atoms with van der Waals surface area (Å²) in [7, 11) is 0. The monoisotopic (exact) mass is 252 g/mol. The van der Waals surface area contributed by atoms with Crippen molar-refractivity contribution in [3.63, 3.8) is 0 Å². The zero-order chi connectivity index (χ0) is 13.0. The van der Waals surface area contributed by atoms with Gasteiger partial charge in [-0.25, -0.2) is 0 Å². The lowest BCUT2D eigenvalue weighted by Gasteiger charge is -2.23. The van der Waals surface area contributed by atoms with Gasteiger partial charge in [0.2, 0.25) is 0 Å². The highest BCUT2D eigenvalue weighted by atomic mass is 35.5. The fraction of sp³-hybridized carbons (Fsp3) is 0.625. The first-order chi connectivity index (χ1) is 7.91. The Bertz CT molecular complexity index is 314. The molecule has 1 rings (SSSR count). The van der Waals surface area contributed by atoms with Crippen LogP contribution < -0.4 is 0 Å². The van der Waals surface area contributed by atoms with E-state index in [0.717, 1.165) is 6.42 Å². The number of benzene rings is 1. The van der Waals surface area contributed by atoms with Gasteiger partial charge in [-0.3, -0.25) is 0 Å². The van der Waals surface area contributed by atoms with Crippen molar-refractivity contribution < 1.29 is 0 Å². The largest absolute Gasteiger partial charge is 0.123 e. The molecule has 0 saturated heterocycles. The molecule has 0 N–H and O–H groups in total. The minimum absolute atomic E-state index is 0.236. The molecule has 96 valence electrons. The summed E-state index contributed by atoms with van der Waals surface area (Å²) in [6, 6.07) is 9.00. The molecule has 1 aromatic rings. The molecule has 0 saturated carbocycles. The highest BCUT2D eigenvalue weighted by Crippen LogP contribution is 2.25. The topological polar surface area (TPSA) is 0 Å². The molecule has 1 heteroatoms. The van der Waals surface area contributed by atoms with E-state index in [1.807, 2.05) is 0 Å². The first kappa shape index (κ1) is 14.6. The second kappa shape index (κ2) is 6.44. The maximum Gasteiger partial charge on any atom is 0.0341 e. The highest BCUT2D eigenvalue weighted by molar-refractivity contribution is 6.20. The Kier molecular flexibility index (Phi) is 5.52. The van der Waals surface area contributed by atoms with Crippen LogP contribution in [0.2, 0.25) is 0 Å². The molecule has 0 nitrogen and oxygen atoms in total. The lowest BCUT2D eigenvalue weighted by Crippen LogP contribution is -2.20. The van der Waals surface area contributed by atoms with Crippen LogP contribution in [0, 0.1) is 11.8 Å². The molecular formula is C16H25Cl. The zero-order valence-corrected chi connectivity index (χ0v) is 12.5. The van der Waals surface area contributed by atoms with Crippen molar-refractivity contribution in [3.8, 4) is 0 Å². The molecule has 0 aliphatic rings. The van der Waals surface area contributed by atoms with Crippen molar-refractivity contribution in [1.82, 2.24) is 0 Å². The standard InChI is InChI=1S/C16H25Cl/c1-11(2)15-8-6-14(7-9-15)10-16(12(3)4)13(5)17/h6-9,11-13,16H,10H2,1-5H3. The zero-order valence-electron chi connectivity index (χ0n) is 11.7. The summed E-state index contributed by atoms with van der Waals surface area (Å²) in [6.07, 6.45) is 1.08. The van der Waals surface area contributed by atoms with Crippen molar-refractivity contribution in [1.29, 1.82) is 0 Å². The van der Waals surface area contributed by atoms with Crippen LogP contribution in [0.4, 0.5) is 0 Å². The fourth-order valence-corrected chi connectivity index (χ4v) is 2.62. The van der Waals surface area contributed by atoms with Crippen LogP contribution in [0.1, 0.15) is 51.7 Å². The summed E-state index contributed by atoms with van der Waals surface area (Å²) in [5, 5.41) is 0.236. The molecule has 0 bridgehead atoms. The predicted molar refractivity (Wildman–Crippen MR) is 77.9 cm³/mol. The smallest absolute Gasteiger partial charge is 0.0341 e. The third-order valence-electron chi connectivity index (χ3n) is 3.56. The third-order valence-corrected chi connectivity index (χ3v) is 3.89. The van der Waals surface area contributed by atoms with Gasteiger partial charge < -0.3 is 0 Å². The van der Waals surface area contributed by atoms with E-state index in [1.165, 1.54) is 11.1 Å². The Balaban J connectivity index is 2.73. The van der Waals surface area contributed by atoms with Crippen molar-refractivity contribution in [2.45, 2.75) is 52.3 Å². The second-order valence-corrected chi connectivity index (χ2v) is 6.37. The van der Waals surface area contributed by atoms with E-state index in [0.29, 0.717) is 17.8 Å². The van der Waals surface area contributed by atoms with Gasteiger partial charge in [-0.15, -0.1) is 11.6 Å². The van der Waals surface area contributed by atoms with Gasteiger partial charge in [-0.05, 0) is 42.2 Å². The van der Waals surface area contributed by atoms with Crippen LogP contribution in [-0.2, 0) is 6.42 Å². The summed E-state index contributed by atoms with van der Waals surface area (Å²) in [5.41, 5.74) is 2.81. The maximum absolute atomic E-state index is 6.27. The molecule has 0 heterocycles. The van der Waals surface area contributed by atoms with Crippen molar-refractivity contribution in [2.24, 2.45) is 11.8 Å². The number of hydrogen-bond donors (Lipinski definition) is 0. The first-order valence-corrected chi connectivity index (χ1v) is 7.08. The Hall–Kier alpha value is -0.490. The Morgan fingerprint density at radius 3 is 1.82 bits per heavy atom. The van der Waals surface area contributed by atoms with E-state index >= 15 is 0 Å². The molecular weight excluding hydrogens is 228 g/mol. The molecule has 2 unspecified atom stereocenters. The van der Waals surface area contributed by atoms with Gasteiger partial charge in [0.15, 0.2) is 0 Å². The van der Waals surface area contributed by atoms with Gasteiger partial charge >= 0.3 is 0 Å². The maximum atomic E-state index is 6.27. The van der Waals surface area contributed by atoms with Gasteiger partial charge in [0.1, 0.15) is 0 Å². The summed E-state index contributed by atoms with van der Waals surface area (Å²) in [4.78, 5) is 0. The van der Waals surface area contributed by atoms with E-state index < -0.39 is 0 Å². The molecule has 0 aliphatic carbocycles. The van der Waals surface area contributed by atoms with Gasteiger partial charge in [0, 0.05) is 5.38 Å². The van der Waals surface area contributed by atoms with Gasteiger partial charge in [-0.2, -0.15) is 0 Å². The summed E-state index contributed by atoms with van der Waals surface area (Å²) >= 11 is 6.27. The number of hydrogen-bond acceptors (Lipinski definition) is 0.